The van der Waals surface area contributed by atoms with Crippen molar-refractivity contribution in [3.05, 3.63) is 78.4 Å². The molecule has 0 aliphatic carbocycles. The number of hydrogen-bond donors (Lipinski definition) is 1. The Morgan fingerprint density at radius 3 is 1.96 bits per heavy atom. The van der Waals surface area contributed by atoms with Gasteiger partial charge in [-0.25, -0.2) is 4.98 Å². The number of aromatic nitrogens is 1. The van der Waals surface area contributed by atoms with Crippen LogP contribution in [0.25, 0.3) is 21.8 Å². The van der Waals surface area contributed by atoms with E-state index < -0.39 is 0 Å². The Balaban J connectivity index is 1.69. The highest BCUT2D eigenvalue weighted by molar-refractivity contribution is 6.07. The van der Waals surface area contributed by atoms with E-state index in [1.807, 2.05) is 56.7 Å². The second kappa shape index (κ2) is 6.84. The van der Waals surface area contributed by atoms with Crippen LogP contribution >= 0.6 is 0 Å². The van der Waals surface area contributed by atoms with Crippen LogP contribution in [0.1, 0.15) is 5.56 Å². The highest BCUT2D eigenvalue weighted by Gasteiger charge is 2.07. The van der Waals surface area contributed by atoms with Gasteiger partial charge in [0.2, 0.25) is 0 Å². The minimum Gasteiger partial charge on any atom is -0.378 e. The summed E-state index contributed by atoms with van der Waals surface area (Å²) in [6, 6.07) is 24.5. The highest BCUT2D eigenvalue weighted by Crippen LogP contribution is 2.30. The lowest BCUT2D eigenvalue weighted by atomic mass is 10.1. The molecular weight excluding hydrogens is 320 g/mol. The summed E-state index contributed by atoms with van der Waals surface area (Å²) >= 11 is 0. The fourth-order valence-electron chi connectivity index (χ4n) is 2.99. The SMILES string of the molecule is CN(C)c1ccc(/C=N\Nc2c3ccccc3nc3ccccc23)cc1. The Kier molecular flexibility index (Phi) is 4.23. The first kappa shape index (κ1) is 16.1. The van der Waals surface area contributed by atoms with Crippen LogP contribution in [0.2, 0.25) is 0 Å². The number of hydrazone groups is 1. The number of nitrogens with zero attached hydrogens (tertiary/aromatic N) is 3. The molecule has 0 atom stereocenters. The van der Waals surface area contributed by atoms with Gasteiger partial charge in [-0.15, -0.1) is 0 Å². The minimum atomic E-state index is 0.958. The van der Waals surface area contributed by atoms with E-state index in [2.05, 4.69) is 51.8 Å². The Morgan fingerprint density at radius 2 is 1.38 bits per heavy atom. The summed E-state index contributed by atoms with van der Waals surface area (Å²) in [4.78, 5) is 6.81. The monoisotopic (exact) mass is 340 g/mol. The molecule has 0 fully saturated rings. The van der Waals surface area contributed by atoms with Crippen LogP contribution in [0, 0.1) is 0 Å². The zero-order valence-corrected chi connectivity index (χ0v) is 14.8. The van der Waals surface area contributed by atoms with E-state index in [1.165, 1.54) is 5.69 Å². The van der Waals surface area contributed by atoms with E-state index in [1.54, 1.807) is 0 Å². The molecule has 1 N–H and O–H groups in total. The third-order valence-electron chi connectivity index (χ3n) is 4.39. The van der Waals surface area contributed by atoms with Crippen molar-refractivity contribution < 1.29 is 0 Å². The average molecular weight is 340 g/mol. The van der Waals surface area contributed by atoms with Crippen molar-refractivity contribution in [3.63, 3.8) is 0 Å². The van der Waals surface area contributed by atoms with Crippen LogP contribution < -0.4 is 10.3 Å². The molecule has 0 unspecified atom stereocenters. The fourth-order valence-corrected chi connectivity index (χ4v) is 2.99. The normalized spacial score (nSPS) is 11.3. The molecule has 128 valence electrons. The molecule has 0 aliphatic heterocycles. The van der Waals surface area contributed by atoms with Crippen molar-refractivity contribution in [1.29, 1.82) is 0 Å². The Bertz CT molecular complexity index is 1030. The van der Waals surface area contributed by atoms with E-state index in [-0.39, 0.29) is 0 Å². The van der Waals surface area contributed by atoms with Crippen molar-refractivity contribution in [2.75, 3.05) is 24.4 Å². The summed E-state index contributed by atoms with van der Waals surface area (Å²) in [5.74, 6) is 0. The Labute approximate surface area is 152 Å². The fraction of sp³-hybridized carbons (Fsp3) is 0.0909. The van der Waals surface area contributed by atoms with Gasteiger partial charge in [0.05, 0.1) is 22.9 Å². The van der Waals surface area contributed by atoms with Crippen LogP contribution in [-0.4, -0.2) is 25.3 Å². The van der Waals surface area contributed by atoms with Gasteiger partial charge >= 0.3 is 0 Å². The molecule has 26 heavy (non-hydrogen) atoms. The van der Waals surface area contributed by atoms with Gasteiger partial charge in [-0.1, -0.05) is 48.5 Å². The molecular formula is C22H20N4. The maximum atomic E-state index is 4.73. The highest BCUT2D eigenvalue weighted by atomic mass is 15.3. The van der Waals surface area contributed by atoms with Crippen molar-refractivity contribution in [1.82, 2.24) is 4.98 Å². The maximum absolute atomic E-state index is 4.73. The first-order valence-electron chi connectivity index (χ1n) is 8.56. The smallest absolute Gasteiger partial charge is 0.0749 e. The minimum absolute atomic E-state index is 0.958. The van der Waals surface area contributed by atoms with Gasteiger partial charge in [-0.2, -0.15) is 5.10 Å². The number of anilines is 2. The molecule has 0 amide bonds. The molecule has 0 bridgehead atoms. The average Bonchev–Trinajstić information content (AvgIpc) is 2.68. The first-order valence-corrected chi connectivity index (χ1v) is 8.56. The molecule has 4 nitrogen and oxygen atoms in total. The topological polar surface area (TPSA) is 40.5 Å². The Hall–Kier alpha value is -3.40. The summed E-state index contributed by atoms with van der Waals surface area (Å²) in [6.45, 7) is 0. The van der Waals surface area contributed by atoms with Gasteiger partial charge < -0.3 is 4.90 Å². The van der Waals surface area contributed by atoms with Crippen LogP contribution in [0.3, 0.4) is 0 Å². The lowest BCUT2D eigenvalue weighted by Crippen LogP contribution is -2.08. The third-order valence-corrected chi connectivity index (χ3v) is 4.39. The predicted octanol–water partition coefficient (Wildman–Crippen LogP) is 4.90. The standard InChI is InChI=1S/C22H20N4/c1-26(2)17-13-11-16(12-14-17)15-23-25-22-18-7-3-5-9-20(18)24-21-10-6-4-8-19(21)22/h3-15H,1-2H3,(H,24,25)/b23-15-. The van der Waals surface area contributed by atoms with Gasteiger partial charge in [-0.3, -0.25) is 5.43 Å². The van der Waals surface area contributed by atoms with Crippen LogP contribution in [0.5, 0.6) is 0 Å². The Morgan fingerprint density at radius 1 is 0.808 bits per heavy atom. The molecule has 4 heteroatoms. The molecule has 3 aromatic carbocycles. The molecule has 1 heterocycles. The molecule has 0 aliphatic rings. The molecule has 4 rings (SSSR count). The first-order chi connectivity index (χ1) is 12.7. The van der Waals surface area contributed by atoms with Crippen molar-refractivity contribution in [2.45, 2.75) is 0 Å². The summed E-state index contributed by atoms with van der Waals surface area (Å²) in [5.41, 5.74) is 8.34. The van der Waals surface area contributed by atoms with E-state index in [0.717, 1.165) is 33.1 Å². The zero-order chi connectivity index (χ0) is 17.9. The number of pyridine rings is 1. The van der Waals surface area contributed by atoms with Gasteiger partial charge in [0.25, 0.3) is 0 Å². The summed E-state index contributed by atoms with van der Waals surface area (Å²) < 4.78 is 0. The predicted molar refractivity (Wildman–Crippen MR) is 111 cm³/mol. The summed E-state index contributed by atoms with van der Waals surface area (Å²) in [5, 5.41) is 6.59. The number of rotatable bonds is 4. The number of benzene rings is 3. The van der Waals surface area contributed by atoms with E-state index >= 15 is 0 Å². The van der Waals surface area contributed by atoms with Crippen molar-refractivity contribution in [3.8, 4) is 0 Å². The molecule has 1 aromatic heterocycles. The number of para-hydroxylation sites is 2. The second-order valence-corrected chi connectivity index (χ2v) is 6.38. The van der Waals surface area contributed by atoms with Gasteiger partial charge in [-0.05, 0) is 29.8 Å². The quantitative estimate of drug-likeness (QED) is 0.326. The third kappa shape index (κ3) is 3.09. The van der Waals surface area contributed by atoms with E-state index in [4.69, 9.17) is 4.98 Å². The largest absolute Gasteiger partial charge is 0.378 e. The maximum Gasteiger partial charge on any atom is 0.0749 e. The lowest BCUT2D eigenvalue weighted by molar-refractivity contribution is 1.13. The summed E-state index contributed by atoms with van der Waals surface area (Å²) in [6.07, 6.45) is 1.84. The second-order valence-electron chi connectivity index (χ2n) is 6.38. The van der Waals surface area contributed by atoms with Crippen LogP contribution in [0.15, 0.2) is 77.9 Å². The molecule has 4 aromatic rings. The van der Waals surface area contributed by atoms with E-state index in [0.29, 0.717) is 0 Å². The molecule has 0 saturated carbocycles. The van der Waals surface area contributed by atoms with E-state index in [9.17, 15) is 0 Å². The van der Waals surface area contributed by atoms with Crippen LogP contribution in [0.4, 0.5) is 11.4 Å². The number of hydrogen-bond acceptors (Lipinski definition) is 4. The lowest BCUT2D eigenvalue weighted by Gasteiger charge is -2.12. The number of fused-ring (bicyclic) bond motifs is 2. The molecule has 0 spiro atoms. The van der Waals surface area contributed by atoms with Crippen molar-refractivity contribution in [2.24, 2.45) is 5.10 Å². The van der Waals surface area contributed by atoms with Crippen LogP contribution in [-0.2, 0) is 0 Å². The van der Waals surface area contributed by atoms with Gasteiger partial charge in [0.1, 0.15) is 0 Å². The van der Waals surface area contributed by atoms with Crippen molar-refractivity contribution >= 4 is 39.4 Å². The molecule has 0 saturated heterocycles. The number of nitrogens with one attached hydrogen (secondary N) is 1. The summed E-state index contributed by atoms with van der Waals surface area (Å²) in [7, 11) is 4.06. The van der Waals surface area contributed by atoms with Gasteiger partial charge in [0.15, 0.2) is 0 Å². The molecule has 0 radical (unpaired) electrons. The zero-order valence-electron chi connectivity index (χ0n) is 14.8. The van der Waals surface area contributed by atoms with Gasteiger partial charge in [0, 0.05) is 30.6 Å².